The van der Waals surface area contributed by atoms with Crippen molar-refractivity contribution < 1.29 is 13.2 Å². The Morgan fingerprint density at radius 2 is 2.21 bits per heavy atom. The van der Waals surface area contributed by atoms with Crippen molar-refractivity contribution in [2.24, 2.45) is 5.92 Å². The van der Waals surface area contributed by atoms with Crippen LogP contribution in [0.25, 0.3) is 0 Å². The SMILES string of the molecule is CC(CCl)Cn1cc(C(F)(F)F)cn1. The number of hydrogen-bond donors (Lipinski definition) is 0. The third-order valence-corrected chi connectivity index (χ3v) is 2.25. The predicted molar refractivity (Wildman–Crippen MR) is 47.1 cm³/mol. The van der Waals surface area contributed by atoms with E-state index in [0.29, 0.717) is 12.4 Å². The van der Waals surface area contributed by atoms with Gasteiger partial charge in [0.25, 0.3) is 0 Å². The van der Waals surface area contributed by atoms with Crippen molar-refractivity contribution in [2.45, 2.75) is 19.6 Å². The lowest BCUT2D eigenvalue weighted by atomic mass is 10.2. The second-order valence-corrected chi connectivity index (χ2v) is 3.52. The molecule has 0 aliphatic heterocycles. The average Bonchev–Trinajstić information content (AvgIpc) is 2.51. The van der Waals surface area contributed by atoms with Gasteiger partial charge in [0.1, 0.15) is 0 Å². The molecular formula is C8H10ClF3N2. The van der Waals surface area contributed by atoms with Gasteiger partial charge in [-0.2, -0.15) is 18.3 Å². The van der Waals surface area contributed by atoms with Gasteiger partial charge in [-0.1, -0.05) is 6.92 Å². The van der Waals surface area contributed by atoms with Crippen LogP contribution in [0, 0.1) is 5.92 Å². The van der Waals surface area contributed by atoms with Crippen LogP contribution in [-0.4, -0.2) is 15.7 Å². The predicted octanol–water partition coefficient (Wildman–Crippen LogP) is 2.78. The zero-order valence-corrected chi connectivity index (χ0v) is 8.31. The molecule has 1 atom stereocenters. The number of nitrogens with zero attached hydrogens (tertiary/aromatic N) is 2. The molecule has 0 aromatic carbocycles. The van der Waals surface area contributed by atoms with E-state index in [2.05, 4.69) is 5.10 Å². The smallest absolute Gasteiger partial charge is 0.272 e. The molecule has 0 saturated carbocycles. The van der Waals surface area contributed by atoms with Gasteiger partial charge in [-0.15, -0.1) is 11.6 Å². The monoisotopic (exact) mass is 226 g/mol. The van der Waals surface area contributed by atoms with Crippen LogP contribution in [0.2, 0.25) is 0 Å². The minimum Gasteiger partial charge on any atom is -0.272 e. The number of rotatable bonds is 3. The molecule has 1 aromatic rings. The van der Waals surface area contributed by atoms with Crippen molar-refractivity contribution in [1.29, 1.82) is 0 Å². The Balaban J connectivity index is 2.69. The van der Waals surface area contributed by atoms with E-state index in [1.807, 2.05) is 6.92 Å². The van der Waals surface area contributed by atoms with Crippen LogP contribution in [0.1, 0.15) is 12.5 Å². The first-order chi connectivity index (χ1) is 6.43. The third-order valence-electron chi connectivity index (χ3n) is 1.72. The molecule has 0 fully saturated rings. The van der Waals surface area contributed by atoms with Crippen LogP contribution in [0.5, 0.6) is 0 Å². The molecule has 0 N–H and O–H groups in total. The Kier molecular flexibility index (Phi) is 3.42. The van der Waals surface area contributed by atoms with Crippen molar-refractivity contribution in [1.82, 2.24) is 9.78 Å². The maximum atomic E-state index is 12.1. The van der Waals surface area contributed by atoms with Crippen LogP contribution in [-0.2, 0) is 12.7 Å². The van der Waals surface area contributed by atoms with Gasteiger partial charge in [0, 0.05) is 18.6 Å². The van der Waals surface area contributed by atoms with E-state index in [0.717, 1.165) is 12.4 Å². The molecule has 0 bridgehead atoms. The lowest BCUT2D eigenvalue weighted by Crippen LogP contribution is -2.09. The van der Waals surface area contributed by atoms with Crippen molar-refractivity contribution in [3.63, 3.8) is 0 Å². The lowest BCUT2D eigenvalue weighted by Gasteiger charge is -2.06. The normalized spacial score (nSPS) is 14.4. The Morgan fingerprint density at radius 3 is 2.64 bits per heavy atom. The summed E-state index contributed by atoms with van der Waals surface area (Å²) in [7, 11) is 0. The molecule has 0 radical (unpaired) electrons. The number of aromatic nitrogens is 2. The molecule has 6 heteroatoms. The van der Waals surface area contributed by atoms with E-state index in [-0.39, 0.29) is 5.92 Å². The summed E-state index contributed by atoms with van der Waals surface area (Å²) in [6.07, 6.45) is -2.51. The molecule has 1 heterocycles. The fraction of sp³-hybridized carbons (Fsp3) is 0.625. The molecule has 0 aliphatic rings. The van der Waals surface area contributed by atoms with E-state index < -0.39 is 11.7 Å². The number of alkyl halides is 4. The summed E-state index contributed by atoms with van der Waals surface area (Å²) in [6, 6.07) is 0. The number of hydrogen-bond acceptors (Lipinski definition) is 1. The minimum absolute atomic E-state index is 0.109. The summed E-state index contributed by atoms with van der Waals surface area (Å²) in [6.45, 7) is 2.25. The molecular weight excluding hydrogens is 217 g/mol. The molecule has 0 saturated heterocycles. The quantitative estimate of drug-likeness (QED) is 0.725. The average molecular weight is 227 g/mol. The lowest BCUT2D eigenvalue weighted by molar-refractivity contribution is -0.137. The summed E-state index contributed by atoms with van der Waals surface area (Å²) < 4.78 is 37.7. The molecule has 2 nitrogen and oxygen atoms in total. The Bertz CT molecular complexity index is 295. The van der Waals surface area contributed by atoms with Crippen molar-refractivity contribution in [2.75, 3.05) is 5.88 Å². The van der Waals surface area contributed by atoms with Gasteiger partial charge in [0.15, 0.2) is 0 Å². The van der Waals surface area contributed by atoms with Crippen LogP contribution < -0.4 is 0 Å². The number of halogens is 4. The molecule has 1 unspecified atom stereocenters. The van der Waals surface area contributed by atoms with Crippen LogP contribution >= 0.6 is 11.6 Å². The minimum atomic E-state index is -4.32. The standard InChI is InChI=1S/C8H10ClF3N2/c1-6(2-9)4-14-5-7(3-13-14)8(10,11)12/h3,5-6H,2,4H2,1H3. The molecule has 1 rings (SSSR count). The summed E-state index contributed by atoms with van der Waals surface area (Å²) in [5, 5.41) is 3.61. The summed E-state index contributed by atoms with van der Waals surface area (Å²) >= 11 is 5.54. The van der Waals surface area contributed by atoms with Crippen molar-refractivity contribution in [3.8, 4) is 0 Å². The van der Waals surface area contributed by atoms with Crippen LogP contribution in [0.4, 0.5) is 13.2 Å². The fourth-order valence-electron chi connectivity index (χ4n) is 0.978. The molecule has 80 valence electrons. The third kappa shape index (κ3) is 2.90. The van der Waals surface area contributed by atoms with E-state index in [9.17, 15) is 13.2 Å². The van der Waals surface area contributed by atoms with E-state index in [4.69, 9.17) is 11.6 Å². The zero-order valence-electron chi connectivity index (χ0n) is 7.55. The van der Waals surface area contributed by atoms with Crippen LogP contribution in [0.3, 0.4) is 0 Å². The maximum absolute atomic E-state index is 12.1. The van der Waals surface area contributed by atoms with Gasteiger partial charge in [0.05, 0.1) is 11.8 Å². The van der Waals surface area contributed by atoms with Gasteiger partial charge < -0.3 is 0 Å². The summed E-state index contributed by atoms with van der Waals surface area (Å²) in [5.41, 5.74) is -0.723. The summed E-state index contributed by atoms with van der Waals surface area (Å²) in [4.78, 5) is 0. The van der Waals surface area contributed by atoms with Gasteiger partial charge >= 0.3 is 6.18 Å². The Hall–Kier alpha value is -0.710. The first-order valence-electron chi connectivity index (χ1n) is 4.09. The van der Waals surface area contributed by atoms with Crippen LogP contribution in [0.15, 0.2) is 12.4 Å². The van der Waals surface area contributed by atoms with Gasteiger partial charge in [-0.05, 0) is 5.92 Å². The Morgan fingerprint density at radius 1 is 1.57 bits per heavy atom. The topological polar surface area (TPSA) is 17.8 Å². The maximum Gasteiger partial charge on any atom is 0.419 e. The highest BCUT2D eigenvalue weighted by molar-refractivity contribution is 6.18. The fourth-order valence-corrected chi connectivity index (χ4v) is 1.08. The van der Waals surface area contributed by atoms with Crippen molar-refractivity contribution in [3.05, 3.63) is 18.0 Å². The molecule has 0 spiro atoms. The highest BCUT2D eigenvalue weighted by Crippen LogP contribution is 2.28. The van der Waals surface area contributed by atoms with Gasteiger partial charge in [0.2, 0.25) is 0 Å². The van der Waals surface area contributed by atoms with E-state index in [1.54, 1.807) is 0 Å². The zero-order chi connectivity index (χ0) is 10.8. The van der Waals surface area contributed by atoms with Gasteiger partial charge in [-0.3, -0.25) is 4.68 Å². The largest absolute Gasteiger partial charge is 0.419 e. The Labute approximate surface area is 84.7 Å². The molecule has 14 heavy (non-hydrogen) atoms. The summed E-state index contributed by atoms with van der Waals surface area (Å²) in [5.74, 6) is 0.513. The highest BCUT2D eigenvalue weighted by atomic mass is 35.5. The second-order valence-electron chi connectivity index (χ2n) is 3.21. The van der Waals surface area contributed by atoms with Gasteiger partial charge in [-0.25, -0.2) is 0 Å². The first-order valence-corrected chi connectivity index (χ1v) is 4.62. The molecule has 0 amide bonds. The first kappa shape index (κ1) is 11.4. The molecule has 0 aliphatic carbocycles. The van der Waals surface area contributed by atoms with E-state index >= 15 is 0 Å². The van der Waals surface area contributed by atoms with E-state index in [1.165, 1.54) is 4.68 Å². The molecule has 1 aromatic heterocycles. The highest BCUT2D eigenvalue weighted by Gasteiger charge is 2.32. The second kappa shape index (κ2) is 4.21. The van der Waals surface area contributed by atoms with Crippen molar-refractivity contribution >= 4 is 11.6 Å².